The summed E-state index contributed by atoms with van der Waals surface area (Å²) in [7, 11) is 1.60. The highest BCUT2D eigenvalue weighted by atomic mass is 19.1. The predicted molar refractivity (Wildman–Crippen MR) is 89.5 cm³/mol. The SMILES string of the molecule is Cn1nc(-c2cc(F)cc(F)c2)cc1NC(=O)N1CCC(C(=O)O)CC1. The molecule has 26 heavy (non-hydrogen) atoms. The second-order valence-corrected chi connectivity index (χ2v) is 6.23. The van der Waals surface area contributed by atoms with Gasteiger partial charge in [-0.1, -0.05) is 0 Å². The summed E-state index contributed by atoms with van der Waals surface area (Å²) in [4.78, 5) is 24.9. The number of urea groups is 1. The molecule has 3 rings (SSSR count). The number of amides is 2. The third kappa shape index (κ3) is 3.81. The Morgan fingerprint density at radius 3 is 2.35 bits per heavy atom. The molecule has 0 radical (unpaired) electrons. The molecule has 0 atom stereocenters. The maximum absolute atomic E-state index is 13.4. The van der Waals surface area contributed by atoms with Gasteiger partial charge in [-0.3, -0.25) is 14.8 Å². The largest absolute Gasteiger partial charge is 0.481 e. The molecule has 1 aromatic carbocycles. The van der Waals surface area contributed by atoms with Gasteiger partial charge >= 0.3 is 12.0 Å². The van der Waals surface area contributed by atoms with Crippen molar-refractivity contribution in [2.24, 2.45) is 13.0 Å². The van der Waals surface area contributed by atoms with Crippen molar-refractivity contribution in [3.05, 3.63) is 35.9 Å². The number of likely N-dealkylation sites (tertiary alicyclic amines) is 1. The summed E-state index contributed by atoms with van der Waals surface area (Å²) in [5.74, 6) is -2.32. The van der Waals surface area contributed by atoms with Gasteiger partial charge in [0.25, 0.3) is 0 Å². The number of carbonyl (C=O) groups is 2. The molecule has 138 valence electrons. The molecule has 9 heteroatoms. The Hall–Kier alpha value is -2.97. The summed E-state index contributed by atoms with van der Waals surface area (Å²) in [6, 6.07) is 4.25. The van der Waals surface area contributed by atoms with Crippen molar-refractivity contribution in [1.82, 2.24) is 14.7 Å². The van der Waals surface area contributed by atoms with Crippen molar-refractivity contribution in [2.45, 2.75) is 12.8 Å². The minimum absolute atomic E-state index is 0.265. The van der Waals surface area contributed by atoms with E-state index < -0.39 is 23.5 Å². The highest BCUT2D eigenvalue weighted by molar-refractivity contribution is 5.89. The molecular formula is C17H18F2N4O3. The van der Waals surface area contributed by atoms with Crippen LogP contribution in [0, 0.1) is 17.6 Å². The van der Waals surface area contributed by atoms with Crippen molar-refractivity contribution in [3.63, 3.8) is 0 Å². The number of carbonyl (C=O) groups excluding carboxylic acids is 1. The normalized spacial score (nSPS) is 15.1. The maximum Gasteiger partial charge on any atom is 0.322 e. The number of hydrogen-bond acceptors (Lipinski definition) is 3. The number of carboxylic acid groups (broad SMARTS) is 1. The Balaban J connectivity index is 1.70. The van der Waals surface area contributed by atoms with Crippen LogP contribution in [0.15, 0.2) is 24.3 Å². The number of anilines is 1. The van der Waals surface area contributed by atoms with Gasteiger partial charge < -0.3 is 10.0 Å². The molecule has 1 saturated heterocycles. The summed E-state index contributed by atoms with van der Waals surface area (Å²) < 4.78 is 28.1. The summed E-state index contributed by atoms with van der Waals surface area (Å²) in [5, 5.41) is 15.9. The van der Waals surface area contributed by atoms with Gasteiger partial charge in [-0.05, 0) is 25.0 Å². The van der Waals surface area contributed by atoms with E-state index in [0.717, 1.165) is 18.2 Å². The predicted octanol–water partition coefficient (Wildman–Crippen LogP) is 2.69. The van der Waals surface area contributed by atoms with Gasteiger partial charge in [0.15, 0.2) is 0 Å². The molecule has 0 spiro atoms. The first-order valence-corrected chi connectivity index (χ1v) is 8.12. The fraction of sp³-hybridized carbons (Fsp3) is 0.353. The molecule has 1 aliphatic heterocycles. The van der Waals surface area contributed by atoms with Crippen LogP contribution in [0.5, 0.6) is 0 Å². The van der Waals surface area contributed by atoms with E-state index in [9.17, 15) is 18.4 Å². The first-order chi connectivity index (χ1) is 12.3. The number of rotatable bonds is 3. The topological polar surface area (TPSA) is 87.5 Å². The van der Waals surface area contributed by atoms with Gasteiger partial charge in [0, 0.05) is 37.8 Å². The van der Waals surface area contributed by atoms with Gasteiger partial charge in [-0.2, -0.15) is 5.10 Å². The number of benzene rings is 1. The first-order valence-electron chi connectivity index (χ1n) is 8.12. The quantitative estimate of drug-likeness (QED) is 0.877. The number of hydrogen-bond donors (Lipinski definition) is 2. The molecule has 2 aromatic rings. The average molecular weight is 364 g/mol. The number of nitrogens with one attached hydrogen (secondary N) is 1. The summed E-state index contributed by atoms with van der Waals surface area (Å²) in [6.07, 6.45) is 0.809. The third-order valence-corrected chi connectivity index (χ3v) is 4.40. The summed E-state index contributed by atoms with van der Waals surface area (Å²) in [5.41, 5.74) is 0.589. The second kappa shape index (κ2) is 7.11. The minimum atomic E-state index is -0.844. The molecule has 7 nitrogen and oxygen atoms in total. The Kier molecular flexibility index (Phi) is 4.88. The van der Waals surface area contributed by atoms with Crippen LogP contribution in [-0.4, -0.2) is 44.9 Å². The Morgan fingerprint density at radius 2 is 1.77 bits per heavy atom. The van der Waals surface area contributed by atoms with E-state index in [0.29, 0.717) is 37.4 Å². The van der Waals surface area contributed by atoms with Gasteiger partial charge in [-0.25, -0.2) is 13.6 Å². The zero-order valence-corrected chi connectivity index (χ0v) is 14.1. The van der Waals surface area contributed by atoms with Crippen LogP contribution in [0.2, 0.25) is 0 Å². The van der Waals surface area contributed by atoms with E-state index >= 15 is 0 Å². The fourth-order valence-corrected chi connectivity index (χ4v) is 2.95. The Labute approximate surface area is 148 Å². The molecular weight excluding hydrogens is 346 g/mol. The maximum atomic E-state index is 13.4. The van der Waals surface area contributed by atoms with Crippen molar-refractivity contribution in [1.29, 1.82) is 0 Å². The van der Waals surface area contributed by atoms with Crippen molar-refractivity contribution < 1.29 is 23.5 Å². The van der Waals surface area contributed by atoms with Crippen LogP contribution in [0.4, 0.5) is 19.4 Å². The number of halogens is 2. The summed E-state index contributed by atoms with van der Waals surface area (Å²) >= 11 is 0. The van der Waals surface area contributed by atoms with Crippen LogP contribution in [-0.2, 0) is 11.8 Å². The Bertz CT molecular complexity index is 824. The third-order valence-electron chi connectivity index (χ3n) is 4.40. The highest BCUT2D eigenvalue weighted by Crippen LogP contribution is 2.24. The lowest BCUT2D eigenvalue weighted by Gasteiger charge is -2.30. The standard InChI is InChI=1S/C17H18F2N4O3/c1-22-15(9-14(21-22)11-6-12(18)8-13(19)7-11)20-17(26)23-4-2-10(3-5-23)16(24)25/h6-10H,2-5H2,1H3,(H,20,26)(H,24,25). The fourth-order valence-electron chi connectivity index (χ4n) is 2.95. The molecule has 2 amide bonds. The molecule has 1 aliphatic rings. The van der Waals surface area contributed by atoms with Crippen LogP contribution >= 0.6 is 0 Å². The molecule has 0 bridgehead atoms. The molecule has 2 heterocycles. The average Bonchev–Trinajstić information content (AvgIpc) is 2.95. The van der Waals surface area contributed by atoms with E-state index in [1.165, 1.54) is 15.6 Å². The molecule has 0 saturated carbocycles. The van der Waals surface area contributed by atoms with Gasteiger partial charge in [-0.15, -0.1) is 0 Å². The first kappa shape index (κ1) is 17.8. The van der Waals surface area contributed by atoms with E-state index in [4.69, 9.17) is 5.11 Å². The lowest BCUT2D eigenvalue weighted by molar-refractivity contribution is -0.143. The molecule has 1 fully saturated rings. The number of aryl methyl sites for hydroxylation is 1. The lowest BCUT2D eigenvalue weighted by Crippen LogP contribution is -2.42. The molecule has 1 aromatic heterocycles. The van der Waals surface area contributed by atoms with Gasteiger partial charge in [0.1, 0.15) is 17.5 Å². The van der Waals surface area contributed by atoms with Gasteiger partial charge in [0.05, 0.1) is 11.6 Å². The van der Waals surface area contributed by atoms with Crippen molar-refractivity contribution in [2.75, 3.05) is 18.4 Å². The number of carboxylic acids is 1. The van der Waals surface area contributed by atoms with E-state index in [1.54, 1.807) is 7.05 Å². The van der Waals surface area contributed by atoms with E-state index in [2.05, 4.69) is 10.4 Å². The smallest absolute Gasteiger partial charge is 0.322 e. The number of aliphatic carboxylic acids is 1. The monoisotopic (exact) mass is 364 g/mol. The van der Waals surface area contributed by atoms with E-state index in [-0.39, 0.29) is 11.6 Å². The van der Waals surface area contributed by atoms with Crippen molar-refractivity contribution >= 4 is 17.8 Å². The highest BCUT2D eigenvalue weighted by Gasteiger charge is 2.27. The molecule has 2 N–H and O–H groups in total. The van der Waals surface area contributed by atoms with Crippen LogP contribution in [0.1, 0.15) is 12.8 Å². The molecule has 0 aliphatic carbocycles. The second-order valence-electron chi connectivity index (χ2n) is 6.23. The van der Waals surface area contributed by atoms with E-state index in [1.807, 2.05) is 0 Å². The number of nitrogens with zero attached hydrogens (tertiary/aromatic N) is 3. The summed E-state index contributed by atoms with van der Waals surface area (Å²) in [6.45, 7) is 0.700. The minimum Gasteiger partial charge on any atom is -0.481 e. The lowest BCUT2D eigenvalue weighted by atomic mass is 9.97. The van der Waals surface area contributed by atoms with Crippen LogP contribution in [0.25, 0.3) is 11.3 Å². The zero-order chi connectivity index (χ0) is 18.8. The van der Waals surface area contributed by atoms with Crippen molar-refractivity contribution in [3.8, 4) is 11.3 Å². The number of aromatic nitrogens is 2. The molecule has 0 unspecified atom stereocenters. The zero-order valence-electron chi connectivity index (χ0n) is 14.1. The number of piperidine rings is 1. The van der Waals surface area contributed by atoms with Gasteiger partial charge in [0.2, 0.25) is 0 Å². The Morgan fingerprint density at radius 1 is 1.15 bits per heavy atom. The van der Waals surface area contributed by atoms with Crippen LogP contribution < -0.4 is 5.32 Å². The van der Waals surface area contributed by atoms with Crippen LogP contribution in [0.3, 0.4) is 0 Å².